The number of nitrogens with one attached hydrogen (secondary N) is 1. The van der Waals surface area contributed by atoms with Crippen LogP contribution in [0.4, 0.5) is 13.2 Å². The van der Waals surface area contributed by atoms with Gasteiger partial charge in [0.1, 0.15) is 11.5 Å². The van der Waals surface area contributed by atoms with E-state index < -0.39 is 12.8 Å². The summed E-state index contributed by atoms with van der Waals surface area (Å²) in [5, 5.41) is 7.80. The molecular formula is C24H24F3N5O3. The predicted octanol–water partition coefficient (Wildman–Crippen LogP) is 5.16. The third kappa shape index (κ3) is 5.44. The van der Waals surface area contributed by atoms with Crippen molar-refractivity contribution in [1.82, 2.24) is 25.1 Å². The van der Waals surface area contributed by atoms with Crippen LogP contribution < -0.4 is 10.1 Å². The van der Waals surface area contributed by atoms with E-state index in [4.69, 9.17) is 9.40 Å². The van der Waals surface area contributed by atoms with Crippen molar-refractivity contribution >= 4 is 16.9 Å². The van der Waals surface area contributed by atoms with Crippen molar-refractivity contribution in [2.24, 2.45) is 0 Å². The molecule has 0 aliphatic carbocycles. The number of carbonyl (C=O) groups is 1. The van der Waals surface area contributed by atoms with E-state index >= 15 is 0 Å². The van der Waals surface area contributed by atoms with Gasteiger partial charge in [0.05, 0.1) is 22.8 Å². The van der Waals surface area contributed by atoms with E-state index in [0.29, 0.717) is 33.6 Å². The first kappa shape index (κ1) is 24.2. The molecule has 0 saturated heterocycles. The molecule has 0 spiro atoms. The number of furan rings is 1. The lowest BCUT2D eigenvalue weighted by Gasteiger charge is -2.12. The summed E-state index contributed by atoms with van der Waals surface area (Å²) in [6, 6.07) is 6.51. The molecule has 4 aromatic rings. The summed E-state index contributed by atoms with van der Waals surface area (Å²) in [4.78, 5) is 21.8. The molecular weight excluding hydrogens is 463 g/mol. The standard InChI is InChI=1S/C24H24F3N5O3/c1-13(2)32-22-19(11-30-32)18(9-20(31-22)17-7-14(3)35-15(17)4)23(33)29-10-16-5-6-28-21(8-16)34-12-24(25,26)27/h5-9,11,13H,10,12H2,1-4H3,(H,29,33). The maximum Gasteiger partial charge on any atom is 0.422 e. The Balaban J connectivity index is 1.63. The zero-order valence-corrected chi connectivity index (χ0v) is 19.6. The summed E-state index contributed by atoms with van der Waals surface area (Å²) in [6.07, 6.45) is -1.54. The third-order valence-corrected chi connectivity index (χ3v) is 5.25. The first-order valence-electron chi connectivity index (χ1n) is 10.9. The van der Waals surface area contributed by atoms with Gasteiger partial charge in [-0.25, -0.2) is 14.6 Å². The Kier molecular flexibility index (Phi) is 6.51. The number of ether oxygens (including phenoxy) is 1. The first-order valence-corrected chi connectivity index (χ1v) is 10.9. The number of hydrogen-bond acceptors (Lipinski definition) is 6. The van der Waals surface area contributed by atoms with Gasteiger partial charge in [-0.1, -0.05) is 0 Å². The lowest BCUT2D eigenvalue weighted by Crippen LogP contribution is -2.23. The number of pyridine rings is 2. The van der Waals surface area contributed by atoms with E-state index in [1.54, 1.807) is 23.0 Å². The van der Waals surface area contributed by atoms with Crippen LogP contribution in [-0.2, 0) is 6.54 Å². The summed E-state index contributed by atoms with van der Waals surface area (Å²) < 4.78 is 49.3. The van der Waals surface area contributed by atoms with Crippen LogP contribution >= 0.6 is 0 Å². The van der Waals surface area contributed by atoms with Gasteiger partial charge in [-0.2, -0.15) is 18.3 Å². The fourth-order valence-electron chi connectivity index (χ4n) is 3.68. The number of rotatable bonds is 7. The van der Waals surface area contributed by atoms with Gasteiger partial charge in [0.15, 0.2) is 12.3 Å². The third-order valence-electron chi connectivity index (χ3n) is 5.25. The van der Waals surface area contributed by atoms with Gasteiger partial charge in [-0.05, 0) is 51.5 Å². The molecule has 11 heteroatoms. The minimum absolute atomic E-state index is 0.0188. The number of halogens is 3. The Morgan fingerprint density at radius 3 is 2.66 bits per heavy atom. The van der Waals surface area contributed by atoms with E-state index in [0.717, 1.165) is 11.3 Å². The molecule has 0 aromatic carbocycles. The Morgan fingerprint density at radius 2 is 2.00 bits per heavy atom. The number of alkyl halides is 3. The summed E-state index contributed by atoms with van der Waals surface area (Å²) in [6.45, 7) is 6.22. The fourth-order valence-corrected chi connectivity index (χ4v) is 3.68. The molecule has 0 aliphatic heterocycles. The van der Waals surface area contributed by atoms with Crippen LogP contribution in [0.1, 0.15) is 47.3 Å². The molecule has 4 heterocycles. The van der Waals surface area contributed by atoms with Crippen LogP contribution in [0.3, 0.4) is 0 Å². The second-order valence-corrected chi connectivity index (χ2v) is 8.39. The highest BCUT2D eigenvalue weighted by atomic mass is 19.4. The first-order chi connectivity index (χ1) is 16.5. The molecule has 4 rings (SSSR count). The zero-order valence-electron chi connectivity index (χ0n) is 19.6. The van der Waals surface area contributed by atoms with Crippen LogP contribution in [0.5, 0.6) is 5.88 Å². The number of carbonyl (C=O) groups excluding carboxylic acids is 1. The minimum atomic E-state index is -4.47. The molecule has 0 radical (unpaired) electrons. The van der Waals surface area contributed by atoms with E-state index in [1.807, 2.05) is 33.8 Å². The van der Waals surface area contributed by atoms with E-state index in [-0.39, 0.29) is 24.4 Å². The average molecular weight is 487 g/mol. The van der Waals surface area contributed by atoms with Crippen molar-refractivity contribution < 1.29 is 27.1 Å². The Hall–Kier alpha value is -3.89. The molecule has 0 atom stereocenters. The molecule has 184 valence electrons. The van der Waals surface area contributed by atoms with E-state index in [2.05, 4.69) is 20.1 Å². The van der Waals surface area contributed by atoms with E-state index in [1.165, 1.54) is 12.3 Å². The molecule has 0 unspecified atom stereocenters. The quantitative estimate of drug-likeness (QED) is 0.387. The lowest BCUT2D eigenvalue weighted by atomic mass is 10.1. The summed E-state index contributed by atoms with van der Waals surface area (Å²) in [7, 11) is 0. The zero-order chi connectivity index (χ0) is 25.3. The predicted molar refractivity (Wildman–Crippen MR) is 122 cm³/mol. The Bertz CT molecular complexity index is 1370. The van der Waals surface area contributed by atoms with Gasteiger partial charge >= 0.3 is 6.18 Å². The lowest BCUT2D eigenvalue weighted by molar-refractivity contribution is -0.154. The molecule has 0 bridgehead atoms. The van der Waals surface area contributed by atoms with Gasteiger partial charge in [-0.15, -0.1) is 0 Å². The monoisotopic (exact) mass is 487 g/mol. The van der Waals surface area contributed by atoms with Crippen LogP contribution in [0.25, 0.3) is 22.3 Å². The second kappa shape index (κ2) is 9.40. The van der Waals surface area contributed by atoms with Crippen LogP contribution in [0.15, 0.2) is 41.1 Å². The van der Waals surface area contributed by atoms with Crippen molar-refractivity contribution in [2.45, 2.75) is 46.5 Å². The Labute approximate surface area is 199 Å². The van der Waals surface area contributed by atoms with Crippen molar-refractivity contribution in [3.8, 4) is 17.1 Å². The summed E-state index contributed by atoms with van der Waals surface area (Å²) in [5.41, 5.74) is 2.82. The van der Waals surface area contributed by atoms with Gasteiger partial charge in [0.25, 0.3) is 5.91 Å². The average Bonchev–Trinajstić information content (AvgIpc) is 3.37. The van der Waals surface area contributed by atoms with Gasteiger partial charge in [-0.3, -0.25) is 4.79 Å². The van der Waals surface area contributed by atoms with Crippen molar-refractivity contribution in [1.29, 1.82) is 0 Å². The molecule has 0 aliphatic rings. The molecule has 0 saturated carbocycles. The van der Waals surface area contributed by atoms with Crippen LogP contribution in [0, 0.1) is 13.8 Å². The minimum Gasteiger partial charge on any atom is -0.468 e. The topological polar surface area (TPSA) is 95.1 Å². The highest BCUT2D eigenvalue weighted by Gasteiger charge is 2.28. The van der Waals surface area contributed by atoms with E-state index in [9.17, 15) is 18.0 Å². The smallest absolute Gasteiger partial charge is 0.422 e. The van der Waals surface area contributed by atoms with Gasteiger partial charge in [0.2, 0.25) is 5.88 Å². The maximum absolute atomic E-state index is 13.2. The number of nitrogens with zero attached hydrogens (tertiary/aromatic N) is 4. The SMILES string of the molecule is Cc1cc(-c2cc(C(=O)NCc3ccnc(OCC(F)(F)F)c3)c3cnn(C(C)C)c3n2)c(C)o1. The highest BCUT2D eigenvalue weighted by molar-refractivity contribution is 6.06. The fraction of sp³-hybridized carbons (Fsp3) is 0.333. The molecule has 0 fully saturated rings. The van der Waals surface area contributed by atoms with Crippen LogP contribution in [-0.4, -0.2) is 38.4 Å². The Morgan fingerprint density at radius 1 is 1.23 bits per heavy atom. The summed E-state index contributed by atoms with van der Waals surface area (Å²) >= 11 is 0. The molecule has 1 N–H and O–H groups in total. The number of aryl methyl sites for hydroxylation is 2. The number of amides is 1. The normalized spacial score (nSPS) is 11.9. The molecule has 8 nitrogen and oxygen atoms in total. The summed E-state index contributed by atoms with van der Waals surface area (Å²) in [5.74, 6) is 0.851. The maximum atomic E-state index is 13.2. The largest absolute Gasteiger partial charge is 0.468 e. The van der Waals surface area contributed by atoms with Crippen molar-refractivity contribution in [3.63, 3.8) is 0 Å². The highest BCUT2D eigenvalue weighted by Crippen LogP contribution is 2.30. The van der Waals surface area contributed by atoms with Gasteiger partial charge < -0.3 is 14.5 Å². The second-order valence-electron chi connectivity index (χ2n) is 8.39. The number of hydrogen-bond donors (Lipinski definition) is 1. The number of fused-ring (bicyclic) bond motifs is 1. The van der Waals surface area contributed by atoms with Crippen molar-refractivity contribution in [2.75, 3.05) is 6.61 Å². The molecule has 1 amide bonds. The van der Waals surface area contributed by atoms with Gasteiger partial charge in [0, 0.05) is 30.4 Å². The van der Waals surface area contributed by atoms with Crippen LogP contribution in [0.2, 0.25) is 0 Å². The molecule has 35 heavy (non-hydrogen) atoms. The molecule has 4 aromatic heterocycles. The van der Waals surface area contributed by atoms with Crippen molar-refractivity contribution in [3.05, 3.63) is 59.3 Å². The number of aromatic nitrogens is 4.